The lowest BCUT2D eigenvalue weighted by atomic mass is 10.2. The molecule has 1 unspecified atom stereocenters. The first-order valence-corrected chi connectivity index (χ1v) is 10.0. The van der Waals surface area contributed by atoms with Crippen LogP contribution in [0.15, 0.2) is 34.0 Å². The van der Waals surface area contributed by atoms with E-state index in [-0.39, 0.29) is 10.8 Å². The first-order chi connectivity index (χ1) is 12.4. The Kier molecular flexibility index (Phi) is 5.48. The van der Waals surface area contributed by atoms with Crippen LogP contribution in [-0.2, 0) is 4.74 Å². The van der Waals surface area contributed by atoms with Gasteiger partial charge in [0.25, 0.3) is 5.56 Å². The second-order valence-electron chi connectivity index (χ2n) is 5.98. The standard InChI is InChI=1S/C19H20N2O3S2/c1-5-24-19(23)15-11(3)14-17(22)20-16(21-18(14)26-15)12(4)25-13-8-6-10(2)7-9-13/h6-9,12H,5H2,1-4H3,(H,20,21,22). The fourth-order valence-corrected chi connectivity index (χ4v) is 4.63. The molecule has 0 fully saturated rings. The quantitative estimate of drug-likeness (QED) is 0.509. The summed E-state index contributed by atoms with van der Waals surface area (Å²) in [5, 5.41) is 0.442. The number of H-pyrrole nitrogens is 1. The fourth-order valence-electron chi connectivity index (χ4n) is 2.62. The van der Waals surface area contributed by atoms with Gasteiger partial charge in [0.05, 0.1) is 17.2 Å². The van der Waals surface area contributed by atoms with Gasteiger partial charge in [-0.2, -0.15) is 0 Å². The molecule has 136 valence electrons. The van der Waals surface area contributed by atoms with E-state index in [9.17, 15) is 9.59 Å². The zero-order valence-corrected chi connectivity index (χ0v) is 16.7. The van der Waals surface area contributed by atoms with Gasteiger partial charge in [-0.1, -0.05) is 17.7 Å². The molecule has 1 aromatic carbocycles. The Morgan fingerprint density at radius 2 is 2.00 bits per heavy atom. The van der Waals surface area contributed by atoms with Gasteiger partial charge >= 0.3 is 5.97 Å². The van der Waals surface area contributed by atoms with Crippen LogP contribution in [-0.4, -0.2) is 22.5 Å². The number of fused-ring (bicyclic) bond motifs is 1. The monoisotopic (exact) mass is 388 g/mol. The summed E-state index contributed by atoms with van der Waals surface area (Å²) in [6.45, 7) is 7.86. The first kappa shape index (κ1) is 18.7. The Morgan fingerprint density at radius 1 is 1.31 bits per heavy atom. The van der Waals surface area contributed by atoms with E-state index in [0.717, 1.165) is 4.90 Å². The Bertz CT molecular complexity index is 1010. The molecule has 0 aliphatic carbocycles. The molecule has 1 N–H and O–H groups in total. The molecule has 0 radical (unpaired) electrons. The van der Waals surface area contributed by atoms with Crippen molar-refractivity contribution in [1.29, 1.82) is 0 Å². The van der Waals surface area contributed by atoms with Gasteiger partial charge in [-0.15, -0.1) is 23.1 Å². The molecule has 2 heterocycles. The predicted molar refractivity (Wildman–Crippen MR) is 106 cm³/mol. The maximum absolute atomic E-state index is 12.6. The van der Waals surface area contributed by atoms with Crippen LogP contribution < -0.4 is 5.56 Å². The van der Waals surface area contributed by atoms with Crippen molar-refractivity contribution in [3.8, 4) is 0 Å². The average Bonchev–Trinajstić information content (AvgIpc) is 2.94. The SMILES string of the molecule is CCOC(=O)c1sc2nc(C(C)Sc3ccc(C)cc3)[nH]c(=O)c2c1C. The van der Waals surface area contributed by atoms with Gasteiger partial charge < -0.3 is 9.72 Å². The minimum atomic E-state index is -0.406. The minimum absolute atomic E-state index is 0.0248. The molecule has 7 heteroatoms. The summed E-state index contributed by atoms with van der Waals surface area (Å²) in [4.78, 5) is 34.2. The molecule has 0 aliphatic rings. The lowest BCUT2D eigenvalue weighted by Crippen LogP contribution is -2.12. The van der Waals surface area contributed by atoms with E-state index in [1.807, 2.05) is 13.8 Å². The summed E-state index contributed by atoms with van der Waals surface area (Å²) in [5.41, 5.74) is 1.61. The van der Waals surface area contributed by atoms with Gasteiger partial charge in [0.1, 0.15) is 15.5 Å². The number of nitrogens with zero attached hydrogens (tertiary/aromatic N) is 1. The first-order valence-electron chi connectivity index (χ1n) is 8.34. The number of ether oxygens (including phenoxy) is 1. The van der Waals surface area contributed by atoms with Crippen molar-refractivity contribution in [3.63, 3.8) is 0 Å². The number of hydrogen-bond acceptors (Lipinski definition) is 6. The number of aromatic amines is 1. The third kappa shape index (κ3) is 3.68. The molecule has 26 heavy (non-hydrogen) atoms. The van der Waals surface area contributed by atoms with Gasteiger partial charge in [-0.3, -0.25) is 4.79 Å². The Hall–Kier alpha value is -2.12. The maximum atomic E-state index is 12.6. The van der Waals surface area contributed by atoms with Gasteiger partial charge in [0.15, 0.2) is 0 Å². The topological polar surface area (TPSA) is 72.0 Å². The molecule has 0 saturated heterocycles. The largest absolute Gasteiger partial charge is 0.462 e. The van der Waals surface area contributed by atoms with Gasteiger partial charge in [-0.25, -0.2) is 9.78 Å². The highest BCUT2D eigenvalue weighted by atomic mass is 32.2. The van der Waals surface area contributed by atoms with Crippen molar-refractivity contribution in [1.82, 2.24) is 9.97 Å². The molecule has 0 saturated carbocycles. The van der Waals surface area contributed by atoms with Crippen molar-refractivity contribution in [2.24, 2.45) is 0 Å². The second kappa shape index (κ2) is 7.63. The summed E-state index contributed by atoms with van der Waals surface area (Å²) in [7, 11) is 0. The maximum Gasteiger partial charge on any atom is 0.348 e. The minimum Gasteiger partial charge on any atom is -0.462 e. The summed E-state index contributed by atoms with van der Waals surface area (Å²) >= 11 is 2.84. The molecule has 0 amide bonds. The van der Waals surface area contributed by atoms with E-state index in [0.29, 0.717) is 33.1 Å². The fraction of sp³-hybridized carbons (Fsp3) is 0.316. The number of esters is 1. The number of nitrogens with one attached hydrogen (secondary N) is 1. The zero-order chi connectivity index (χ0) is 18.8. The van der Waals surface area contributed by atoms with Gasteiger partial charge in [0.2, 0.25) is 0 Å². The van der Waals surface area contributed by atoms with Crippen molar-refractivity contribution >= 4 is 39.3 Å². The van der Waals surface area contributed by atoms with E-state index in [4.69, 9.17) is 4.74 Å². The highest BCUT2D eigenvalue weighted by molar-refractivity contribution is 7.99. The molecular weight excluding hydrogens is 368 g/mol. The highest BCUT2D eigenvalue weighted by Crippen LogP contribution is 2.34. The summed E-state index contributed by atoms with van der Waals surface area (Å²) in [5.74, 6) is 0.195. The highest BCUT2D eigenvalue weighted by Gasteiger charge is 2.21. The number of thioether (sulfide) groups is 1. The van der Waals surface area contributed by atoms with Crippen LogP contribution in [0, 0.1) is 13.8 Å². The van der Waals surface area contributed by atoms with E-state index >= 15 is 0 Å². The predicted octanol–water partition coefficient (Wildman–Crippen LogP) is 4.63. The normalized spacial score (nSPS) is 12.3. The van der Waals surface area contributed by atoms with E-state index in [1.165, 1.54) is 16.9 Å². The van der Waals surface area contributed by atoms with Crippen molar-refractivity contribution in [2.75, 3.05) is 6.61 Å². The average molecular weight is 389 g/mol. The van der Waals surface area contributed by atoms with Gasteiger partial charge in [-0.05, 0) is 45.4 Å². The lowest BCUT2D eigenvalue weighted by Gasteiger charge is -2.10. The van der Waals surface area contributed by atoms with Crippen molar-refractivity contribution in [2.45, 2.75) is 37.8 Å². The van der Waals surface area contributed by atoms with Crippen LogP contribution >= 0.6 is 23.1 Å². The zero-order valence-electron chi connectivity index (χ0n) is 15.1. The molecule has 3 aromatic rings. The molecule has 0 spiro atoms. The summed E-state index contributed by atoms with van der Waals surface area (Å²) < 4.78 is 5.07. The number of aryl methyl sites for hydroxylation is 2. The van der Waals surface area contributed by atoms with Crippen molar-refractivity contribution in [3.05, 3.63) is 56.4 Å². The molecule has 2 aromatic heterocycles. The second-order valence-corrected chi connectivity index (χ2v) is 8.39. The number of aromatic nitrogens is 2. The van der Waals surface area contributed by atoms with Gasteiger partial charge in [0, 0.05) is 4.90 Å². The molecular formula is C19H20N2O3S2. The molecule has 5 nitrogen and oxygen atoms in total. The van der Waals surface area contributed by atoms with Crippen LogP contribution in [0.25, 0.3) is 10.2 Å². The van der Waals surface area contributed by atoms with E-state index in [2.05, 4.69) is 34.2 Å². The van der Waals surface area contributed by atoms with Crippen molar-refractivity contribution < 1.29 is 9.53 Å². The van der Waals surface area contributed by atoms with Crippen LogP contribution in [0.3, 0.4) is 0 Å². The Labute approximate surface area is 159 Å². The lowest BCUT2D eigenvalue weighted by molar-refractivity contribution is 0.0531. The number of hydrogen-bond donors (Lipinski definition) is 1. The number of benzene rings is 1. The number of rotatable bonds is 5. The smallest absolute Gasteiger partial charge is 0.348 e. The van der Waals surface area contributed by atoms with Crippen LogP contribution in [0.5, 0.6) is 0 Å². The summed E-state index contributed by atoms with van der Waals surface area (Å²) in [6.07, 6.45) is 0. The number of carbonyl (C=O) groups is 1. The number of thiophene rings is 1. The van der Waals surface area contributed by atoms with Crippen LogP contribution in [0.4, 0.5) is 0 Å². The third-order valence-electron chi connectivity index (χ3n) is 4.00. The third-order valence-corrected chi connectivity index (χ3v) is 6.29. The molecule has 0 aliphatic heterocycles. The molecule has 3 rings (SSSR count). The molecule has 1 atom stereocenters. The Balaban J connectivity index is 1.96. The van der Waals surface area contributed by atoms with E-state index in [1.54, 1.807) is 25.6 Å². The number of carbonyl (C=O) groups excluding carboxylic acids is 1. The van der Waals surface area contributed by atoms with Crippen LogP contribution in [0.2, 0.25) is 0 Å². The van der Waals surface area contributed by atoms with E-state index < -0.39 is 5.97 Å². The Morgan fingerprint density at radius 3 is 2.65 bits per heavy atom. The molecule has 0 bridgehead atoms. The summed E-state index contributed by atoms with van der Waals surface area (Å²) in [6, 6.07) is 8.23. The van der Waals surface area contributed by atoms with Crippen LogP contribution in [0.1, 0.15) is 45.7 Å².